The summed E-state index contributed by atoms with van der Waals surface area (Å²) in [6.45, 7) is 10.4. The molecule has 0 radical (unpaired) electrons. The van der Waals surface area contributed by atoms with Crippen LogP contribution in [0.15, 0.2) is 29.2 Å². The number of carbonyl (C=O) groups excluding carboxylic acids is 1. The number of ketones is 1. The molecule has 0 aromatic heterocycles. The molecular weight excluding hydrogens is 296 g/mol. The fourth-order valence-corrected chi connectivity index (χ4v) is 3.52. The second-order valence-electron chi connectivity index (χ2n) is 7.36. The largest absolute Gasteiger partial charge is 0.299 e. The summed E-state index contributed by atoms with van der Waals surface area (Å²) in [6.07, 6.45) is 2.05. The van der Waals surface area contributed by atoms with E-state index < -0.39 is 9.84 Å². The molecule has 0 amide bonds. The fraction of sp³-hybridized carbons (Fsp3) is 0.611. The van der Waals surface area contributed by atoms with Gasteiger partial charge in [-0.2, -0.15) is 0 Å². The van der Waals surface area contributed by atoms with Gasteiger partial charge in [0.2, 0.25) is 0 Å². The lowest BCUT2D eigenvalue weighted by molar-refractivity contribution is -0.116. The van der Waals surface area contributed by atoms with Gasteiger partial charge in [-0.05, 0) is 35.4 Å². The van der Waals surface area contributed by atoms with Crippen molar-refractivity contribution in [3.8, 4) is 0 Å². The maximum absolute atomic E-state index is 12.3. The number of hydrogen-bond acceptors (Lipinski definition) is 3. The normalized spacial score (nSPS) is 12.6. The van der Waals surface area contributed by atoms with Gasteiger partial charge in [0.1, 0.15) is 11.5 Å². The van der Waals surface area contributed by atoms with E-state index in [2.05, 4.69) is 34.6 Å². The molecule has 4 heteroatoms. The number of carbonyl (C=O) groups is 1. The molecule has 0 aliphatic carbocycles. The highest BCUT2D eigenvalue weighted by molar-refractivity contribution is 7.92. The van der Waals surface area contributed by atoms with Crippen LogP contribution in [0.25, 0.3) is 0 Å². The lowest BCUT2D eigenvalue weighted by Crippen LogP contribution is -2.17. The Bertz CT molecular complexity index is 590. The molecule has 0 N–H and O–H groups in total. The van der Waals surface area contributed by atoms with E-state index in [0.29, 0.717) is 12.3 Å². The maximum Gasteiger partial charge on any atom is 0.185 e. The molecule has 0 saturated carbocycles. The Balaban J connectivity index is 2.72. The predicted molar refractivity (Wildman–Crippen MR) is 90.9 cm³/mol. The molecule has 0 spiro atoms. The van der Waals surface area contributed by atoms with Crippen LogP contribution >= 0.6 is 0 Å². The SMILES string of the molecule is CC(C)CCCC(=O)CS(=O)(=O)c1ccc(C(C)(C)C)cc1. The first-order chi connectivity index (χ1) is 10.0. The van der Waals surface area contributed by atoms with E-state index in [1.54, 1.807) is 12.1 Å². The Kier molecular flexibility index (Phi) is 6.36. The minimum absolute atomic E-state index is 0.0189. The van der Waals surface area contributed by atoms with Gasteiger partial charge in [-0.3, -0.25) is 4.79 Å². The second kappa shape index (κ2) is 7.40. The Morgan fingerprint density at radius 3 is 2.09 bits per heavy atom. The van der Waals surface area contributed by atoms with Gasteiger partial charge in [0, 0.05) is 6.42 Å². The van der Waals surface area contributed by atoms with Crippen molar-refractivity contribution >= 4 is 15.6 Å². The molecular formula is C18H28O3S. The molecule has 3 nitrogen and oxygen atoms in total. The average molecular weight is 324 g/mol. The minimum atomic E-state index is -3.52. The van der Waals surface area contributed by atoms with E-state index in [1.807, 2.05) is 12.1 Å². The summed E-state index contributed by atoms with van der Waals surface area (Å²) in [7, 11) is -3.52. The Labute approximate surface area is 135 Å². The summed E-state index contributed by atoms with van der Waals surface area (Å²) >= 11 is 0. The van der Waals surface area contributed by atoms with Gasteiger partial charge >= 0.3 is 0 Å². The van der Waals surface area contributed by atoms with E-state index in [1.165, 1.54) is 0 Å². The molecule has 0 atom stereocenters. The van der Waals surface area contributed by atoms with E-state index >= 15 is 0 Å². The summed E-state index contributed by atoms with van der Waals surface area (Å²) < 4.78 is 24.6. The van der Waals surface area contributed by atoms with Crippen molar-refractivity contribution in [3.63, 3.8) is 0 Å². The zero-order valence-electron chi connectivity index (χ0n) is 14.3. The van der Waals surface area contributed by atoms with Crippen LogP contribution in [0.3, 0.4) is 0 Å². The Morgan fingerprint density at radius 1 is 1.09 bits per heavy atom. The van der Waals surface area contributed by atoms with Crippen LogP contribution in [0.2, 0.25) is 0 Å². The third kappa shape index (κ3) is 5.91. The van der Waals surface area contributed by atoms with Crippen LogP contribution in [0.4, 0.5) is 0 Å². The van der Waals surface area contributed by atoms with Gasteiger partial charge in [0.25, 0.3) is 0 Å². The first-order valence-corrected chi connectivity index (χ1v) is 9.52. The van der Waals surface area contributed by atoms with E-state index in [-0.39, 0.29) is 21.8 Å². The fourth-order valence-electron chi connectivity index (χ4n) is 2.24. The quantitative estimate of drug-likeness (QED) is 0.757. The van der Waals surface area contributed by atoms with Crippen molar-refractivity contribution in [2.45, 2.75) is 64.2 Å². The predicted octanol–water partition coefficient (Wildman–Crippen LogP) is 4.15. The van der Waals surface area contributed by atoms with Gasteiger partial charge in [-0.15, -0.1) is 0 Å². The van der Waals surface area contributed by atoms with Gasteiger partial charge in [-0.1, -0.05) is 53.2 Å². The molecule has 22 heavy (non-hydrogen) atoms. The van der Waals surface area contributed by atoms with Crippen molar-refractivity contribution in [1.82, 2.24) is 0 Å². The van der Waals surface area contributed by atoms with Crippen LogP contribution in [0.5, 0.6) is 0 Å². The molecule has 1 aromatic rings. The van der Waals surface area contributed by atoms with E-state index in [0.717, 1.165) is 18.4 Å². The molecule has 124 valence electrons. The number of Topliss-reactive ketones (excluding diaryl/α,β-unsaturated/α-hetero) is 1. The van der Waals surface area contributed by atoms with Crippen molar-refractivity contribution in [2.75, 3.05) is 5.75 Å². The first kappa shape index (κ1) is 18.9. The number of rotatable bonds is 7. The molecule has 1 rings (SSSR count). The number of hydrogen-bond donors (Lipinski definition) is 0. The van der Waals surface area contributed by atoms with Crippen molar-refractivity contribution in [3.05, 3.63) is 29.8 Å². The third-order valence-electron chi connectivity index (χ3n) is 3.67. The van der Waals surface area contributed by atoms with Gasteiger partial charge in [0.15, 0.2) is 9.84 Å². The van der Waals surface area contributed by atoms with Crippen LogP contribution < -0.4 is 0 Å². The standard InChI is InChI=1S/C18H28O3S/c1-14(2)7-6-8-16(19)13-22(20,21)17-11-9-15(10-12-17)18(3,4)5/h9-12,14H,6-8,13H2,1-5H3. The molecule has 0 unspecified atom stereocenters. The summed E-state index contributed by atoms with van der Waals surface area (Å²) in [6, 6.07) is 6.88. The van der Waals surface area contributed by atoms with Crippen LogP contribution in [0.1, 0.15) is 59.4 Å². The zero-order chi connectivity index (χ0) is 17.0. The molecule has 0 aliphatic heterocycles. The summed E-state index contributed by atoms with van der Waals surface area (Å²) in [5.74, 6) is -0.0464. The lowest BCUT2D eigenvalue weighted by atomic mass is 9.87. The smallest absolute Gasteiger partial charge is 0.185 e. The first-order valence-electron chi connectivity index (χ1n) is 7.87. The van der Waals surface area contributed by atoms with E-state index in [9.17, 15) is 13.2 Å². The highest BCUT2D eigenvalue weighted by Gasteiger charge is 2.20. The van der Waals surface area contributed by atoms with Crippen molar-refractivity contribution < 1.29 is 13.2 Å². The second-order valence-corrected chi connectivity index (χ2v) is 9.35. The maximum atomic E-state index is 12.3. The number of sulfone groups is 1. The lowest BCUT2D eigenvalue weighted by Gasteiger charge is -2.19. The van der Waals surface area contributed by atoms with Gasteiger partial charge in [-0.25, -0.2) is 8.42 Å². The van der Waals surface area contributed by atoms with Crippen LogP contribution in [-0.2, 0) is 20.0 Å². The van der Waals surface area contributed by atoms with Gasteiger partial charge in [0.05, 0.1) is 4.90 Å². The molecule has 0 fully saturated rings. The minimum Gasteiger partial charge on any atom is -0.299 e. The molecule has 0 saturated heterocycles. The van der Waals surface area contributed by atoms with E-state index in [4.69, 9.17) is 0 Å². The van der Waals surface area contributed by atoms with Gasteiger partial charge < -0.3 is 0 Å². The summed E-state index contributed by atoms with van der Waals surface area (Å²) in [4.78, 5) is 12.1. The topological polar surface area (TPSA) is 51.2 Å². The molecule has 0 bridgehead atoms. The van der Waals surface area contributed by atoms with Crippen LogP contribution in [-0.4, -0.2) is 20.0 Å². The zero-order valence-corrected chi connectivity index (χ0v) is 15.2. The average Bonchev–Trinajstić information content (AvgIpc) is 2.36. The monoisotopic (exact) mass is 324 g/mol. The Morgan fingerprint density at radius 2 is 1.64 bits per heavy atom. The third-order valence-corrected chi connectivity index (χ3v) is 5.36. The highest BCUT2D eigenvalue weighted by Crippen LogP contribution is 2.24. The molecule has 0 aliphatic rings. The summed E-state index contributed by atoms with van der Waals surface area (Å²) in [5.41, 5.74) is 1.06. The van der Waals surface area contributed by atoms with Crippen molar-refractivity contribution in [1.29, 1.82) is 0 Å². The molecule has 1 aromatic carbocycles. The van der Waals surface area contributed by atoms with Crippen molar-refractivity contribution in [2.24, 2.45) is 5.92 Å². The summed E-state index contributed by atoms with van der Waals surface area (Å²) in [5, 5.41) is 0. The molecule has 0 heterocycles. The number of benzene rings is 1. The highest BCUT2D eigenvalue weighted by atomic mass is 32.2. The Hall–Kier alpha value is -1.16. The van der Waals surface area contributed by atoms with Crippen LogP contribution in [0, 0.1) is 5.92 Å².